The van der Waals surface area contributed by atoms with Crippen molar-refractivity contribution in [3.63, 3.8) is 0 Å². The number of pyridine rings is 1. The second-order valence-corrected chi connectivity index (χ2v) is 8.82. The fourth-order valence-electron chi connectivity index (χ4n) is 4.16. The number of hydrogen-bond donors (Lipinski definition) is 4. The number of ether oxygens (including phenoxy) is 1. The van der Waals surface area contributed by atoms with Gasteiger partial charge in [-0.25, -0.2) is 18.7 Å². The third-order valence-electron chi connectivity index (χ3n) is 6.16. The predicted octanol–water partition coefficient (Wildman–Crippen LogP) is 3.17. The monoisotopic (exact) mass is 482 g/mol. The molecule has 0 spiro atoms. The predicted molar refractivity (Wildman–Crippen MR) is 127 cm³/mol. The maximum atomic E-state index is 14.0. The first kappa shape index (κ1) is 22.8. The summed E-state index contributed by atoms with van der Waals surface area (Å²) in [4.78, 5) is 32.5. The van der Waals surface area contributed by atoms with Crippen LogP contribution in [0, 0.1) is 5.82 Å². The summed E-state index contributed by atoms with van der Waals surface area (Å²) in [6, 6.07) is 3.80. The van der Waals surface area contributed by atoms with Crippen LogP contribution >= 0.6 is 0 Å². The first-order valence-corrected chi connectivity index (χ1v) is 11.7. The van der Waals surface area contributed by atoms with Crippen molar-refractivity contribution in [3.05, 3.63) is 42.2 Å². The molecule has 2 aliphatic carbocycles. The minimum absolute atomic E-state index is 0.0290. The van der Waals surface area contributed by atoms with Crippen LogP contribution in [-0.4, -0.2) is 56.8 Å². The van der Waals surface area contributed by atoms with Crippen LogP contribution in [0.3, 0.4) is 0 Å². The van der Waals surface area contributed by atoms with Gasteiger partial charge in [-0.15, -0.1) is 5.10 Å². The van der Waals surface area contributed by atoms with Crippen LogP contribution in [0.25, 0.3) is 5.65 Å². The number of nitrogens with zero attached hydrogens (tertiary/aromatic N) is 4. The molecule has 3 aromatic heterocycles. The van der Waals surface area contributed by atoms with Gasteiger partial charge in [0.1, 0.15) is 11.9 Å². The van der Waals surface area contributed by atoms with Crippen molar-refractivity contribution in [1.82, 2.24) is 24.9 Å². The lowest BCUT2D eigenvalue weighted by molar-refractivity contribution is 0.0747. The number of imidazole rings is 1. The van der Waals surface area contributed by atoms with E-state index in [-0.39, 0.29) is 23.5 Å². The zero-order valence-electron chi connectivity index (χ0n) is 19.3. The zero-order valence-corrected chi connectivity index (χ0v) is 19.3. The maximum absolute atomic E-state index is 14.0. The Morgan fingerprint density at radius 1 is 1.06 bits per heavy atom. The van der Waals surface area contributed by atoms with E-state index in [0.29, 0.717) is 17.5 Å². The number of hydrogen-bond acceptors (Lipinski definition) is 8. The van der Waals surface area contributed by atoms with Crippen molar-refractivity contribution in [3.8, 4) is 0 Å². The van der Waals surface area contributed by atoms with Crippen LogP contribution in [0.2, 0.25) is 0 Å². The molecule has 3 heterocycles. The first-order valence-electron chi connectivity index (χ1n) is 11.7. The number of alkyl carbamates (subject to hydrolysis) is 1. The van der Waals surface area contributed by atoms with E-state index in [4.69, 9.17) is 4.74 Å². The lowest BCUT2D eigenvalue weighted by Gasteiger charge is -2.29. The van der Waals surface area contributed by atoms with Crippen molar-refractivity contribution in [2.24, 2.45) is 0 Å². The van der Waals surface area contributed by atoms with Crippen LogP contribution in [0.15, 0.2) is 30.7 Å². The zero-order chi connectivity index (χ0) is 24.4. The number of carbonyl (C=O) groups is 2. The van der Waals surface area contributed by atoms with Crippen LogP contribution in [0.4, 0.5) is 26.4 Å². The number of nitrogens with one attached hydrogen (secondary N) is 4. The average molecular weight is 483 g/mol. The molecule has 2 fully saturated rings. The third-order valence-corrected chi connectivity index (χ3v) is 6.16. The highest BCUT2D eigenvalue weighted by molar-refractivity contribution is 6.03. The SMILES string of the molecule is CNC(=O)OC1CCC(Nc2cc(NC3CC3)c3ncc(C(=O)Nc4ccncc4F)n3n2)CC1. The van der Waals surface area contributed by atoms with Crippen molar-refractivity contribution < 1.29 is 18.7 Å². The number of aromatic nitrogens is 4. The minimum atomic E-state index is -0.628. The number of fused-ring (bicyclic) bond motifs is 1. The Morgan fingerprint density at radius 3 is 2.51 bits per heavy atom. The smallest absolute Gasteiger partial charge is 0.407 e. The van der Waals surface area contributed by atoms with Gasteiger partial charge in [0.15, 0.2) is 17.2 Å². The van der Waals surface area contributed by atoms with Crippen LogP contribution in [0.1, 0.15) is 49.0 Å². The van der Waals surface area contributed by atoms with Gasteiger partial charge in [0, 0.05) is 31.4 Å². The van der Waals surface area contributed by atoms with Gasteiger partial charge in [0.25, 0.3) is 5.91 Å². The molecule has 2 amide bonds. The summed E-state index contributed by atoms with van der Waals surface area (Å²) in [7, 11) is 1.54. The summed E-state index contributed by atoms with van der Waals surface area (Å²) in [6.07, 6.45) is 8.61. The molecule has 0 aliphatic heterocycles. The molecule has 0 aromatic carbocycles. The van der Waals surface area contributed by atoms with Gasteiger partial charge < -0.3 is 26.0 Å². The Kier molecular flexibility index (Phi) is 6.34. The van der Waals surface area contributed by atoms with E-state index in [1.54, 1.807) is 7.05 Å². The van der Waals surface area contributed by atoms with Crippen LogP contribution in [0.5, 0.6) is 0 Å². The molecular weight excluding hydrogens is 455 g/mol. The summed E-state index contributed by atoms with van der Waals surface area (Å²) < 4.78 is 20.8. The Hall–Kier alpha value is -3.96. The summed E-state index contributed by atoms with van der Waals surface area (Å²) in [5.74, 6) is -0.563. The number of carbonyl (C=O) groups excluding carboxylic acids is 2. The second-order valence-electron chi connectivity index (χ2n) is 8.82. The highest BCUT2D eigenvalue weighted by Gasteiger charge is 2.27. The van der Waals surface area contributed by atoms with Gasteiger partial charge in [0.05, 0.1) is 23.8 Å². The molecule has 0 radical (unpaired) electrons. The standard InChI is InChI=1S/C23H27FN8O3/c1-25-23(34)35-15-6-4-14(5-7-15)29-20-10-18(28-13-2-3-13)21-27-12-19(32(21)31-20)22(33)30-17-8-9-26-11-16(17)24/h8-15,28H,2-7H2,1H3,(H,25,34)(H,29,31)(H,26,30,33). The number of anilines is 3. The Balaban J connectivity index is 1.36. The molecule has 11 nitrogen and oxygen atoms in total. The normalized spacial score (nSPS) is 19.7. The first-order chi connectivity index (χ1) is 17.0. The van der Waals surface area contributed by atoms with E-state index >= 15 is 0 Å². The Bertz CT molecular complexity index is 1240. The highest BCUT2D eigenvalue weighted by atomic mass is 19.1. The van der Waals surface area contributed by atoms with Gasteiger partial charge in [-0.1, -0.05) is 0 Å². The van der Waals surface area contributed by atoms with E-state index in [1.165, 1.54) is 23.0 Å². The van der Waals surface area contributed by atoms with Crippen molar-refractivity contribution in [2.75, 3.05) is 23.0 Å². The number of halogens is 1. The highest BCUT2D eigenvalue weighted by Crippen LogP contribution is 2.30. The molecule has 0 atom stereocenters. The Labute approximate surface area is 200 Å². The van der Waals surface area contributed by atoms with Crippen LogP contribution in [-0.2, 0) is 4.74 Å². The van der Waals surface area contributed by atoms with Crippen molar-refractivity contribution in [1.29, 1.82) is 0 Å². The quantitative estimate of drug-likeness (QED) is 0.403. The fourth-order valence-corrected chi connectivity index (χ4v) is 4.16. The molecule has 35 heavy (non-hydrogen) atoms. The number of amides is 2. The molecule has 3 aromatic rings. The molecule has 184 valence electrons. The molecule has 0 saturated heterocycles. The van der Waals surface area contributed by atoms with Gasteiger partial charge in [0.2, 0.25) is 0 Å². The van der Waals surface area contributed by atoms with E-state index in [2.05, 4.69) is 36.3 Å². The van der Waals surface area contributed by atoms with Gasteiger partial charge >= 0.3 is 6.09 Å². The summed E-state index contributed by atoms with van der Waals surface area (Å²) in [5.41, 5.74) is 1.50. The summed E-state index contributed by atoms with van der Waals surface area (Å²) in [6.45, 7) is 0. The largest absolute Gasteiger partial charge is 0.446 e. The fraction of sp³-hybridized carbons (Fsp3) is 0.435. The molecule has 0 bridgehead atoms. The minimum Gasteiger partial charge on any atom is -0.446 e. The molecule has 2 saturated carbocycles. The molecule has 4 N–H and O–H groups in total. The maximum Gasteiger partial charge on any atom is 0.407 e. The van der Waals surface area contributed by atoms with Gasteiger partial charge in [-0.3, -0.25) is 9.78 Å². The van der Waals surface area contributed by atoms with E-state index in [0.717, 1.165) is 50.4 Å². The molecule has 2 aliphatic rings. The van der Waals surface area contributed by atoms with Crippen molar-refractivity contribution in [2.45, 2.75) is 56.7 Å². The summed E-state index contributed by atoms with van der Waals surface area (Å²) in [5, 5.41) is 16.6. The average Bonchev–Trinajstić information content (AvgIpc) is 3.57. The van der Waals surface area contributed by atoms with Crippen LogP contribution < -0.4 is 21.3 Å². The number of rotatable bonds is 7. The lowest BCUT2D eigenvalue weighted by atomic mass is 9.93. The molecule has 12 heteroatoms. The molecule has 5 rings (SSSR count). The van der Waals surface area contributed by atoms with Crippen molar-refractivity contribution >= 4 is 34.8 Å². The van der Waals surface area contributed by atoms with Gasteiger partial charge in [-0.2, -0.15) is 0 Å². The molecule has 0 unspecified atom stereocenters. The molecular formula is C23H27FN8O3. The van der Waals surface area contributed by atoms with E-state index in [9.17, 15) is 14.0 Å². The lowest BCUT2D eigenvalue weighted by Crippen LogP contribution is -2.33. The van der Waals surface area contributed by atoms with E-state index < -0.39 is 17.8 Å². The third kappa shape index (κ3) is 5.26. The topological polar surface area (TPSA) is 135 Å². The van der Waals surface area contributed by atoms with Gasteiger partial charge in [-0.05, 0) is 44.6 Å². The Morgan fingerprint density at radius 2 is 1.80 bits per heavy atom. The van der Waals surface area contributed by atoms with E-state index in [1.807, 2.05) is 6.07 Å². The summed E-state index contributed by atoms with van der Waals surface area (Å²) >= 11 is 0. The second kappa shape index (κ2) is 9.72.